The van der Waals surface area contributed by atoms with Gasteiger partial charge in [-0.05, 0) is 43.2 Å². The average molecular weight is 335 g/mol. The van der Waals surface area contributed by atoms with Crippen LogP contribution in [-0.4, -0.2) is 22.0 Å². The number of aromatic hydroxyl groups is 1. The van der Waals surface area contributed by atoms with Crippen molar-refractivity contribution in [1.29, 1.82) is 0 Å². The molecule has 2 rings (SSSR count). The standard InChI is InChI=1S/C16H15ClN2O4/c1-10(9-11-5-7-12(20)8-6-11)18-16(21)13-3-2-4-14(17)15(13)19(22)23/h2-8,10,20H,9H2,1H3,(H,18,21)/t10-/m1/s1. The Hall–Kier alpha value is -2.60. The molecule has 0 heterocycles. The number of hydrogen-bond donors (Lipinski definition) is 2. The van der Waals surface area contributed by atoms with E-state index in [1.165, 1.54) is 18.2 Å². The van der Waals surface area contributed by atoms with Crippen LogP contribution in [0.25, 0.3) is 0 Å². The summed E-state index contributed by atoms with van der Waals surface area (Å²) in [6.45, 7) is 1.79. The van der Waals surface area contributed by atoms with E-state index in [9.17, 15) is 20.0 Å². The van der Waals surface area contributed by atoms with Crippen molar-refractivity contribution >= 4 is 23.2 Å². The van der Waals surface area contributed by atoms with E-state index < -0.39 is 16.5 Å². The molecule has 7 heteroatoms. The lowest BCUT2D eigenvalue weighted by atomic mass is 10.1. The molecule has 23 heavy (non-hydrogen) atoms. The van der Waals surface area contributed by atoms with Crippen molar-refractivity contribution in [2.24, 2.45) is 0 Å². The van der Waals surface area contributed by atoms with Crippen LogP contribution in [0.5, 0.6) is 5.75 Å². The summed E-state index contributed by atoms with van der Waals surface area (Å²) in [6, 6.07) is 10.6. The minimum Gasteiger partial charge on any atom is -0.508 e. The van der Waals surface area contributed by atoms with Gasteiger partial charge in [0.25, 0.3) is 5.91 Å². The van der Waals surface area contributed by atoms with E-state index >= 15 is 0 Å². The summed E-state index contributed by atoms with van der Waals surface area (Å²) in [5.41, 5.74) is 0.458. The molecule has 0 saturated carbocycles. The third-order valence-electron chi connectivity index (χ3n) is 3.27. The number of nitrogens with one attached hydrogen (secondary N) is 1. The summed E-state index contributed by atoms with van der Waals surface area (Å²) < 4.78 is 0. The molecule has 0 spiro atoms. The Balaban J connectivity index is 2.11. The summed E-state index contributed by atoms with van der Waals surface area (Å²) in [5, 5.41) is 23.0. The molecule has 2 aromatic carbocycles. The van der Waals surface area contributed by atoms with Crippen molar-refractivity contribution in [3.63, 3.8) is 0 Å². The molecule has 2 N–H and O–H groups in total. The SMILES string of the molecule is C[C@H](Cc1ccc(O)cc1)NC(=O)c1cccc(Cl)c1[N+](=O)[O-]. The van der Waals surface area contributed by atoms with Crippen molar-refractivity contribution in [3.8, 4) is 5.75 Å². The van der Waals surface area contributed by atoms with Crippen LogP contribution in [0.4, 0.5) is 5.69 Å². The highest BCUT2D eigenvalue weighted by molar-refractivity contribution is 6.33. The zero-order chi connectivity index (χ0) is 17.0. The number of benzene rings is 2. The maximum absolute atomic E-state index is 12.3. The molecule has 0 bridgehead atoms. The lowest BCUT2D eigenvalue weighted by Gasteiger charge is -2.14. The topological polar surface area (TPSA) is 92.5 Å². The second-order valence-electron chi connectivity index (χ2n) is 5.14. The maximum Gasteiger partial charge on any atom is 0.300 e. The third-order valence-corrected chi connectivity index (χ3v) is 3.57. The Morgan fingerprint density at radius 3 is 2.57 bits per heavy atom. The van der Waals surface area contributed by atoms with Crippen LogP contribution in [-0.2, 0) is 6.42 Å². The van der Waals surface area contributed by atoms with Gasteiger partial charge in [0.15, 0.2) is 0 Å². The van der Waals surface area contributed by atoms with E-state index in [-0.39, 0.29) is 22.4 Å². The van der Waals surface area contributed by atoms with Crippen LogP contribution in [0, 0.1) is 10.1 Å². The molecule has 0 aliphatic heterocycles. The number of phenolic OH excluding ortho intramolecular Hbond substituents is 1. The van der Waals surface area contributed by atoms with Gasteiger partial charge in [0.2, 0.25) is 0 Å². The van der Waals surface area contributed by atoms with Gasteiger partial charge in [-0.15, -0.1) is 0 Å². The number of hydrogen-bond acceptors (Lipinski definition) is 4. The first-order valence-electron chi connectivity index (χ1n) is 6.90. The van der Waals surface area contributed by atoms with E-state index in [0.717, 1.165) is 5.56 Å². The monoisotopic (exact) mass is 334 g/mol. The number of nitro benzene ring substituents is 1. The van der Waals surface area contributed by atoms with Gasteiger partial charge in [0, 0.05) is 6.04 Å². The van der Waals surface area contributed by atoms with E-state index in [1.807, 2.05) is 0 Å². The molecule has 6 nitrogen and oxygen atoms in total. The number of phenols is 1. The molecule has 0 fully saturated rings. The largest absolute Gasteiger partial charge is 0.508 e. The Morgan fingerprint density at radius 2 is 1.96 bits per heavy atom. The Morgan fingerprint density at radius 1 is 1.30 bits per heavy atom. The van der Waals surface area contributed by atoms with E-state index in [0.29, 0.717) is 6.42 Å². The predicted molar refractivity (Wildman–Crippen MR) is 86.8 cm³/mol. The number of carbonyl (C=O) groups is 1. The molecule has 1 atom stereocenters. The summed E-state index contributed by atoms with van der Waals surface area (Å²) >= 11 is 5.80. The van der Waals surface area contributed by atoms with E-state index in [1.54, 1.807) is 31.2 Å². The van der Waals surface area contributed by atoms with Gasteiger partial charge in [0.1, 0.15) is 16.3 Å². The number of rotatable bonds is 5. The first-order valence-corrected chi connectivity index (χ1v) is 7.28. The predicted octanol–water partition coefficient (Wildman–Crippen LogP) is 3.31. The normalized spacial score (nSPS) is 11.7. The smallest absolute Gasteiger partial charge is 0.300 e. The van der Waals surface area contributed by atoms with Crippen molar-refractivity contribution in [2.45, 2.75) is 19.4 Å². The molecule has 2 aromatic rings. The fourth-order valence-electron chi connectivity index (χ4n) is 2.22. The quantitative estimate of drug-likeness (QED) is 0.648. The zero-order valence-electron chi connectivity index (χ0n) is 12.3. The van der Waals surface area contributed by atoms with Crippen LogP contribution in [0.1, 0.15) is 22.8 Å². The van der Waals surface area contributed by atoms with Gasteiger partial charge < -0.3 is 10.4 Å². The molecule has 0 saturated heterocycles. The van der Waals surface area contributed by atoms with Gasteiger partial charge in [-0.3, -0.25) is 14.9 Å². The number of nitrogens with zero attached hydrogens (tertiary/aromatic N) is 1. The Bertz CT molecular complexity index is 731. The van der Waals surface area contributed by atoms with Crippen LogP contribution < -0.4 is 5.32 Å². The van der Waals surface area contributed by atoms with Crippen LogP contribution >= 0.6 is 11.6 Å². The maximum atomic E-state index is 12.3. The van der Waals surface area contributed by atoms with Gasteiger partial charge in [-0.25, -0.2) is 0 Å². The Kier molecular flexibility index (Phi) is 5.18. The second kappa shape index (κ2) is 7.11. The molecule has 0 aliphatic rings. The number of para-hydroxylation sites is 1. The molecular weight excluding hydrogens is 320 g/mol. The van der Waals surface area contributed by atoms with Crippen molar-refractivity contribution in [3.05, 3.63) is 68.7 Å². The summed E-state index contributed by atoms with van der Waals surface area (Å²) in [5.74, 6) is -0.384. The number of halogens is 1. The van der Waals surface area contributed by atoms with Crippen molar-refractivity contribution in [1.82, 2.24) is 5.32 Å². The highest BCUT2D eigenvalue weighted by Crippen LogP contribution is 2.28. The average Bonchev–Trinajstić information content (AvgIpc) is 2.48. The molecule has 0 aromatic heterocycles. The fourth-order valence-corrected chi connectivity index (χ4v) is 2.47. The number of nitro groups is 1. The van der Waals surface area contributed by atoms with Crippen molar-refractivity contribution < 1.29 is 14.8 Å². The zero-order valence-corrected chi connectivity index (χ0v) is 13.1. The summed E-state index contributed by atoms with van der Waals surface area (Å²) in [6.07, 6.45) is 0.528. The summed E-state index contributed by atoms with van der Waals surface area (Å²) in [4.78, 5) is 22.7. The van der Waals surface area contributed by atoms with Gasteiger partial charge in [0.05, 0.1) is 4.92 Å². The van der Waals surface area contributed by atoms with Crippen LogP contribution in [0.2, 0.25) is 5.02 Å². The molecular formula is C16H15ClN2O4. The van der Waals surface area contributed by atoms with Crippen LogP contribution in [0.3, 0.4) is 0 Å². The Labute approximate surface area is 137 Å². The second-order valence-corrected chi connectivity index (χ2v) is 5.55. The van der Waals surface area contributed by atoms with Gasteiger partial charge >= 0.3 is 5.69 Å². The first-order chi connectivity index (χ1) is 10.9. The molecule has 1 amide bonds. The number of amides is 1. The van der Waals surface area contributed by atoms with E-state index in [4.69, 9.17) is 11.6 Å². The highest BCUT2D eigenvalue weighted by Gasteiger charge is 2.24. The van der Waals surface area contributed by atoms with Crippen molar-refractivity contribution in [2.75, 3.05) is 0 Å². The van der Waals surface area contributed by atoms with E-state index in [2.05, 4.69) is 5.32 Å². The highest BCUT2D eigenvalue weighted by atomic mass is 35.5. The lowest BCUT2D eigenvalue weighted by Crippen LogP contribution is -2.34. The third kappa shape index (κ3) is 4.20. The lowest BCUT2D eigenvalue weighted by molar-refractivity contribution is -0.385. The minimum absolute atomic E-state index is 0.0694. The molecule has 0 unspecified atom stereocenters. The van der Waals surface area contributed by atoms with Gasteiger partial charge in [-0.1, -0.05) is 29.8 Å². The minimum atomic E-state index is -0.665. The number of carbonyl (C=O) groups excluding carboxylic acids is 1. The summed E-state index contributed by atoms with van der Waals surface area (Å²) in [7, 11) is 0. The molecule has 0 aliphatic carbocycles. The molecule has 0 radical (unpaired) electrons. The fraction of sp³-hybridized carbons (Fsp3) is 0.188. The van der Waals surface area contributed by atoms with Crippen LogP contribution in [0.15, 0.2) is 42.5 Å². The first kappa shape index (κ1) is 16.8. The molecule has 120 valence electrons. The van der Waals surface area contributed by atoms with Gasteiger partial charge in [-0.2, -0.15) is 0 Å².